The zero-order valence-corrected chi connectivity index (χ0v) is 13.5. The highest BCUT2D eigenvalue weighted by molar-refractivity contribution is 5.72. The van der Waals surface area contributed by atoms with E-state index in [-0.39, 0.29) is 18.0 Å². The Balaban J connectivity index is 2.43. The van der Waals surface area contributed by atoms with Gasteiger partial charge in [0, 0.05) is 0 Å². The third-order valence-electron chi connectivity index (χ3n) is 3.93. The Morgan fingerprint density at radius 2 is 1.90 bits per heavy atom. The Labute approximate surface area is 128 Å². The molecular formula is C18H28O3. The summed E-state index contributed by atoms with van der Waals surface area (Å²) in [4.78, 5) is 11.9. The van der Waals surface area contributed by atoms with Crippen LogP contribution < -0.4 is 0 Å². The maximum absolute atomic E-state index is 11.9. The standard InChI is InChI=1S/C18H28O3/c1-5-15(13(2)3)7-6-14(4)12-21-18(20)16-8-10-17(19)11-9-16/h5-7,13,16-17,19H,1,8-12H2,2-4H3. The van der Waals surface area contributed by atoms with E-state index in [1.165, 1.54) is 5.57 Å². The predicted octanol–water partition coefficient (Wildman–Crippen LogP) is 3.80. The SMILES string of the molecule is C=CC(=CC=C(C)COC(=O)C1CCC(O)CC1)C(C)C. The Morgan fingerprint density at radius 1 is 1.29 bits per heavy atom. The number of esters is 1. The van der Waals surface area contributed by atoms with Crippen LogP contribution in [-0.2, 0) is 9.53 Å². The maximum atomic E-state index is 11.9. The molecule has 1 aliphatic carbocycles. The molecule has 0 saturated heterocycles. The Bertz CT molecular complexity index is 410. The van der Waals surface area contributed by atoms with Crippen molar-refractivity contribution in [2.24, 2.45) is 11.8 Å². The summed E-state index contributed by atoms with van der Waals surface area (Å²) in [7, 11) is 0. The minimum atomic E-state index is -0.242. The fourth-order valence-electron chi connectivity index (χ4n) is 2.40. The van der Waals surface area contributed by atoms with E-state index >= 15 is 0 Å². The molecule has 0 unspecified atom stereocenters. The molecule has 0 aromatic heterocycles. The summed E-state index contributed by atoms with van der Waals surface area (Å²) in [5.74, 6) is 0.255. The first-order valence-electron chi connectivity index (χ1n) is 7.78. The lowest BCUT2D eigenvalue weighted by Crippen LogP contribution is -2.26. The van der Waals surface area contributed by atoms with Crippen molar-refractivity contribution in [3.8, 4) is 0 Å². The number of ether oxygens (including phenoxy) is 1. The fraction of sp³-hybridized carbons (Fsp3) is 0.611. The van der Waals surface area contributed by atoms with Crippen molar-refractivity contribution in [1.29, 1.82) is 0 Å². The van der Waals surface area contributed by atoms with Gasteiger partial charge < -0.3 is 9.84 Å². The largest absolute Gasteiger partial charge is 0.461 e. The molecule has 0 spiro atoms. The Kier molecular flexibility index (Phi) is 7.44. The molecule has 3 heteroatoms. The lowest BCUT2D eigenvalue weighted by molar-refractivity contribution is -0.149. The number of hydrogen-bond donors (Lipinski definition) is 1. The molecule has 118 valence electrons. The molecule has 1 rings (SSSR count). The van der Waals surface area contributed by atoms with Gasteiger partial charge in [-0.25, -0.2) is 0 Å². The molecule has 0 amide bonds. The summed E-state index contributed by atoms with van der Waals surface area (Å²) >= 11 is 0. The molecule has 3 nitrogen and oxygen atoms in total. The van der Waals surface area contributed by atoms with Gasteiger partial charge in [-0.1, -0.05) is 38.7 Å². The minimum absolute atomic E-state index is 0.0452. The van der Waals surface area contributed by atoms with Gasteiger partial charge in [0.05, 0.1) is 12.0 Å². The van der Waals surface area contributed by atoms with Crippen molar-refractivity contribution < 1.29 is 14.6 Å². The highest BCUT2D eigenvalue weighted by Gasteiger charge is 2.26. The molecule has 1 aliphatic rings. The topological polar surface area (TPSA) is 46.5 Å². The smallest absolute Gasteiger partial charge is 0.309 e. The molecule has 1 fully saturated rings. The molecule has 1 saturated carbocycles. The van der Waals surface area contributed by atoms with Crippen LogP contribution >= 0.6 is 0 Å². The van der Waals surface area contributed by atoms with Crippen LogP contribution in [0.1, 0.15) is 46.5 Å². The average molecular weight is 292 g/mol. The van der Waals surface area contributed by atoms with E-state index in [0.29, 0.717) is 25.4 Å². The third-order valence-corrected chi connectivity index (χ3v) is 3.93. The van der Waals surface area contributed by atoms with Crippen LogP contribution in [0.25, 0.3) is 0 Å². The van der Waals surface area contributed by atoms with Crippen molar-refractivity contribution in [3.05, 3.63) is 36.0 Å². The number of aliphatic hydroxyl groups is 1. The summed E-state index contributed by atoms with van der Waals surface area (Å²) in [5.41, 5.74) is 2.18. The van der Waals surface area contributed by atoms with Gasteiger partial charge in [-0.05, 0) is 49.7 Å². The molecular weight excluding hydrogens is 264 g/mol. The second-order valence-corrected chi connectivity index (χ2v) is 6.15. The van der Waals surface area contributed by atoms with Crippen molar-refractivity contribution in [3.63, 3.8) is 0 Å². The molecule has 0 aromatic carbocycles. The Hall–Kier alpha value is -1.35. The van der Waals surface area contributed by atoms with Gasteiger partial charge in [0.2, 0.25) is 0 Å². The van der Waals surface area contributed by atoms with E-state index in [9.17, 15) is 9.90 Å². The molecule has 0 aliphatic heterocycles. The summed E-state index contributed by atoms with van der Waals surface area (Å²) in [5, 5.41) is 9.44. The highest BCUT2D eigenvalue weighted by Crippen LogP contribution is 2.25. The van der Waals surface area contributed by atoms with Crippen molar-refractivity contribution >= 4 is 5.97 Å². The van der Waals surface area contributed by atoms with Gasteiger partial charge in [-0.3, -0.25) is 4.79 Å². The molecule has 0 bridgehead atoms. The van der Waals surface area contributed by atoms with Crippen LogP contribution in [0, 0.1) is 11.8 Å². The van der Waals surface area contributed by atoms with Crippen LogP contribution in [0.5, 0.6) is 0 Å². The molecule has 0 atom stereocenters. The van der Waals surface area contributed by atoms with E-state index in [4.69, 9.17) is 4.74 Å². The van der Waals surface area contributed by atoms with Gasteiger partial charge in [-0.2, -0.15) is 0 Å². The second-order valence-electron chi connectivity index (χ2n) is 6.15. The zero-order valence-electron chi connectivity index (χ0n) is 13.5. The first-order valence-corrected chi connectivity index (χ1v) is 7.78. The van der Waals surface area contributed by atoms with Gasteiger partial charge >= 0.3 is 5.97 Å². The average Bonchev–Trinajstić information content (AvgIpc) is 2.45. The highest BCUT2D eigenvalue weighted by atomic mass is 16.5. The van der Waals surface area contributed by atoms with Crippen LogP contribution in [0.2, 0.25) is 0 Å². The maximum Gasteiger partial charge on any atom is 0.309 e. The monoisotopic (exact) mass is 292 g/mol. The molecule has 0 radical (unpaired) electrons. The van der Waals surface area contributed by atoms with Gasteiger partial charge in [0.25, 0.3) is 0 Å². The van der Waals surface area contributed by atoms with E-state index in [1.54, 1.807) is 0 Å². The Morgan fingerprint density at radius 3 is 2.43 bits per heavy atom. The number of carbonyl (C=O) groups excluding carboxylic acids is 1. The summed E-state index contributed by atoms with van der Waals surface area (Å²) in [6.45, 7) is 10.3. The molecule has 0 aromatic rings. The van der Waals surface area contributed by atoms with Crippen molar-refractivity contribution in [2.75, 3.05) is 6.61 Å². The van der Waals surface area contributed by atoms with Gasteiger partial charge in [-0.15, -0.1) is 0 Å². The van der Waals surface area contributed by atoms with Crippen molar-refractivity contribution in [2.45, 2.75) is 52.6 Å². The lowest BCUT2D eigenvalue weighted by Gasteiger charge is -2.23. The number of allylic oxidation sites excluding steroid dienone is 4. The summed E-state index contributed by atoms with van der Waals surface area (Å²) in [6.07, 6.45) is 8.49. The number of rotatable bonds is 6. The van der Waals surface area contributed by atoms with E-state index < -0.39 is 0 Å². The van der Waals surface area contributed by atoms with Crippen LogP contribution in [0.3, 0.4) is 0 Å². The van der Waals surface area contributed by atoms with Gasteiger partial charge in [0.1, 0.15) is 6.61 Å². The first kappa shape index (κ1) is 17.7. The van der Waals surface area contributed by atoms with Crippen LogP contribution in [0.15, 0.2) is 36.0 Å². The fourth-order valence-corrected chi connectivity index (χ4v) is 2.40. The third kappa shape index (κ3) is 6.30. The number of hydrogen-bond acceptors (Lipinski definition) is 3. The number of aliphatic hydroxyl groups excluding tert-OH is 1. The normalized spacial score (nSPS) is 24.0. The van der Waals surface area contributed by atoms with E-state index in [1.807, 2.05) is 25.2 Å². The van der Waals surface area contributed by atoms with E-state index in [2.05, 4.69) is 20.4 Å². The summed E-state index contributed by atoms with van der Waals surface area (Å²) in [6, 6.07) is 0. The molecule has 0 heterocycles. The second kappa shape index (κ2) is 8.83. The predicted molar refractivity (Wildman–Crippen MR) is 85.8 cm³/mol. The molecule has 1 N–H and O–H groups in total. The zero-order chi connectivity index (χ0) is 15.8. The minimum Gasteiger partial charge on any atom is -0.461 e. The van der Waals surface area contributed by atoms with Gasteiger partial charge in [0.15, 0.2) is 0 Å². The summed E-state index contributed by atoms with van der Waals surface area (Å²) < 4.78 is 5.36. The first-order chi connectivity index (χ1) is 9.93. The molecule has 21 heavy (non-hydrogen) atoms. The number of carbonyl (C=O) groups is 1. The van der Waals surface area contributed by atoms with Crippen molar-refractivity contribution in [1.82, 2.24) is 0 Å². The lowest BCUT2D eigenvalue weighted by atomic mass is 9.87. The van der Waals surface area contributed by atoms with Crippen LogP contribution in [-0.4, -0.2) is 23.8 Å². The van der Waals surface area contributed by atoms with Crippen LogP contribution in [0.4, 0.5) is 0 Å². The van der Waals surface area contributed by atoms with E-state index in [0.717, 1.165) is 18.4 Å². The quantitative estimate of drug-likeness (QED) is 0.598.